The molecule has 0 aliphatic heterocycles. The molecular weight excluding hydrogens is 224 g/mol. The predicted molar refractivity (Wildman–Crippen MR) is 61.9 cm³/mol. The van der Waals surface area contributed by atoms with Crippen molar-refractivity contribution in [2.45, 2.75) is 24.1 Å². The second-order valence-electron chi connectivity index (χ2n) is 3.14. The Balaban J connectivity index is 1.99. The van der Waals surface area contributed by atoms with Crippen LogP contribution in [0.15, 0.2) is 27.9 Å². The highest BCUT2D eigenvalue weighted by Crippen LogP contribution is 2.24. The molecule has 84 valence electrons. The normalized spacial score (nSPS) is 10.6. The molecule has 2 aromatic rings. The number of rotatable bonds is 4. The molecule has 0 fully saturated rings. The van der Waals surface area contributed by atoms with E-state index in [4.69, 9.17) is 10.3 Å². The van der Waals surface area contributed by atoms with Crippen LogP contribution < -0.4 is 5.73 Å². The van der Waals surface area contributed by atoms with Crippen molar-refractivity contribution >= 4 is 17.4 Å². The summed E-state index contributed by atoms with van der Waals surface area (Å²) in [4.78, 5) is 8.38. The van der Waals surface area contributed by atoms with Crippen molar-refractivity contribution in [1.82, 2.24) is 15.1 Å². The van der Waals surface area contributed by atoms with Crippen molar-refractivity contribution in [2.24, 2.45) is 0 Å². The third kappa shape index (κ3) is 2.52. The Labute approximate surface area is 97.5 Å². The van der Waals surface area contributed by atoms with Gasteiger partial charge in [0, 0.05) is 12.6 Å². The van der Waals surface area contributed by atoms with Crippen LogP contribution in [-0.4, -0.2) is 15.1 Å². The van der Waals surface area contributed by atoms with Crippen molar-refractivity contribution in [3.8, 4) is 0 Å². The third-order valence-corrected chi connectivity index (χ3v) is 2.97. The van der Waals surface area contributed by atoms with E-state index < -0.39 is 0 Å². The molecule has 0 aliphatic carbocycles. The van der Waals surface area contributed by atoms with Gasteiger partial charge in [0.15, 0.2) is 5.82 Å². The van der Waals surface area contributed by atoms with Gasteiger partial charge in [0.05, 0.1) is 11.4 Å². The first-order chi connectivity index (χ1) is 7.79. The first-order valence-corrected chi connectivity index (χ1v) is 5.93. The summed E-state index contributed by atoms with van der Waals surface area (Å²) in [7, 11) is 0. The smallest absolute Gasteiger partial charge is 0.226 e. The van der Waals surface area contributed by atoms with Crippen LogP contribution in [0.2, 0.25) is 0 Å². The van der Waals surface area contributed by atoms with Crippen LogP contribution in [0.25, 0.3) is 0 Å². The summed E-state index contributed by atoms with van der Waals surface area (Å²) < 4.78 is 5.01. The molecule has 0 aliphatic rings. The first kappa shape index (κ1) is 10.9. The molecule has 0 radical (unpaired) electrons. The quantitative estimate of drug-likeness (QED) is 0.817. The molecule has 0 amide bonds. The number of anilines is 1. The van der Waals surface area contributed by atoms with Gasteiger partial charge in [-0.05, 0) is 12.1 Å². The van der Waals surface area contributed by atoms with E-state index in [1.165, 1.54) is 11.8 Å². The monoisotopic (exact) mass is 236 g/mol. The van der Waals surface area contributed by atoms with Crippen LogP contribution in [0.5, 0.6) is 0 Å². The summed E-state index contributed by atoms with van der Waals surface area (Å²) in [6.07, 6.45) is 2.47. The maximum atomic E-state index is 5.77. The fourth-order valence-electron chi connectivity index (χ4n) is 1.15. The second-order valence-corrected chi connectivity index (χ2v) is 4.11. The van der Waals surface area contributed by atoms with Crippen molar-refractivity contribution in [3.63, 3.8) is 0 Å². The van der Waals surface area contributed by atoms with Gasteiger partial charge in [-0.2, -0.15) is 4.98 Å². The lowest BCUT2D eigenvalue weighted by atomic mass is 10.4. The SMILES string of the molecule is CCc1nc(CSc2ncccc2N)no1. The highest BCUT2D eigenvalue weighted by atomic mass is 32.2. The maximum absolute atomic E-state index is 5.77. The molecule has 0 aromatic carbocycles. The minimum absolute atomic E-state index is 0.616. The molecule has 2 heterocycles. The molecule has 2 rings (SSSR count). The number of pyridine rings is 1. The number of nitrogens with two attached hydrogens (primary N) is 1. The van der Waals surface area contributed by atoms with Gasteiger partial charge in [-0.15, -0.1) is 0 Å². The van der Waals surface area contributed by atoms with Gasteiger partial charge < -0.3 is 10.3 Å². The number of nitrogen functional groups attached to an aromatic ring is 1. The van der Waals surface area contributed by atoms with E-state index in [0.717, 1.165) is 11.4 Å². The molecule has 2 N–H and O–H groups in total. The van der Waals surface area contributed by atoms with Gasteiger partial charge in [-0.1, -0.05) is 23.8 Å². The summed E-state index contributed by atoms with van der Waals surface area (Å²) in [6.45, 7) is 1.97. The largest absolute Gasteiger partial charge is 0.397 e. The van der Waals surface area contributed by atoms with Crippen molar-refractivity contribution in [1.29, 1.82) is 0 Å². The Bertz CT molecular complexity index is 471. The summed E-state index contributed by atoms with van der Waals surface area (Å²) in [5.74, 6) is 1.95. The molecule has 6 heteroatoms. The van der Waals surface area contributed by atoms with Gasteiger partial charge in [-0.3, -0.25) is 0 Å². The van der Waals surface area contributed by atoms with Gasteiger partial charge in [0.1, 0.15) is 5.03 Å². The molecule has 0 spiro atoms. The third-order valence-electron chi connectivity index (χ3n) is 1.95. The second kappa shape index (κ2) is 4.98. The van der Waals surface area contributed by atoms with E-state index in [-0.39, 0.29) is 0 Å². The Hall–Kier alpha value is -1.56. The van der Waals surface area contributed by atoms with Crippen LogP contribution in [0, 0.1) is 0 Å². The first-order valence-electron chi connectivity index (χ1n) is 4.94. The highest BCUT2D eigenvalue weighted by molar-refractivity contribution is 7.98. The minimum Gasteiger partial charge on any atom is -0.397 e. The van der Waals surface area contributed by atoms with Crippen molar-refractivity contribution < 1.29 is 4.52 Å². The summed E-state index contributed by atoms with van der Waals surface area (Å²) >= 11 is 1.50. The standard InChI is InChI=1S/C10H12N4OS/c1-2-9-13-8(14-15-9)6-16-10-7(11)4-3-5-12-10/h3-5H,2,6,11H2,1H3. The molecular formula is C10H12N4OS. The van der Waals surface area contributed by atoms with E-state index in [9.17, 15) is 0 Å². The van der Waals surface area contributed by atoms with E-state index in [2.05, 4.69) is 15.1 Å². The molecule has 0 saturated carbocycles. The topological polar surface area (TPSA) is 77.8 Å². The van der Waals surface area contributed by atoms with Crippen LogP contribution in [0.1, 0.15) is 18.6 Å². The van der Waals surface area contributed by atoms with Crippen molar-refractivity contribution in [3.05, 3.63) is 30.0 Å². The maximum Gasteiger partial charge on any atom is 0.226 e. The van der Waals surface area contributed by atoms with Crippen molar-refractivity contribution in [2.75, 3.05) is 5.73 Å². The number of aromatic nitrogens is 3. The molecule has 16 heavy (non-hydrogen) atoms. The number of hydrogen-bond donors (Lipinski definition) is 1. The summed E-state index contributed by atoms with van der Waals surface area (Å²) in [6, 6.07) is 3.63. The van der Waals surface area contributed by atoms with Gasteiger partial charge in [0.25, 0.3) is 0 Å². The molecule has 0 unspecified atom stereocenters. The molecule has 0 saturated heterocycles. The van der Waals surface area contributed by atoms with Gasteiger partial charge in [-0.25, -0.2) is 4.98 Å². The van der Waals surface area contributed by atoms with Gasteiger partial charge >= 0.3 is 0 Å². The lowest BCUT2D eigenvalue weighted by Crippen LogP contribution is -1.92. The summed E-state index contributed by atoms with van der Waals surface area (Å²) in [5, 5.41) is 4.65. The number of thioether (sulfide) groups is 1. The fraction of sp³-hybridized carbons (Fsp3) is 0.300. The Morgan fingerprint density at radius 2 is 2.38 bits per heavy atom. The average Bonchev–Trinajstić information content (AvgIpc) is 2.76. The zero-order valence-electron chi connectivity index (χ0n) is 8.88. The lowest BCUT2D eigenvalue weighted by Gasteiger charge is -2.00. The molecule has 0 atom stereocenters. The molecule has 5 nitrogen and oxygen atoms in total. The van der Waals surface area contributed by atoms with E-state index in [0.29, 0.717) is 23.2 Å². The highest BCUT2D eigenvalue weighted by Gasteiger charge is 2.06. The lowest BCUT2D eigenvalue weighted by molar-refractivity contribution is 0.378. The Kier molecular flexibility index (Phi) is 3.40. The van der Waals surface area contributed by atoms with Crippen LogP contribution in [0.4, 0.5) is 5.69 Å². The number of hydrogen-bond acceptors (Lipinski definition) is 6. The van der Waals surface area contributed by atoms with E-state index in [1.54, 1.807) is 6.20 Å². The zero-order chi connectivity index (χ0) is 11.4. The fourth-order valence-corrected chi connectivity index (χ4v) is 1.90. The minimum atomic E-state index is 0.616. The van der Waals surface area contributed by atoms with Crippen LogP contribution in [0.3, 0.4) is 0 Å². The molecule has 2 aromatic heterocycles. The van der Waals surface area contributed by atoms with Crippen LogP contribution >= 0.6 is 11.8 Å². The Morgan fingerprint density at radius 1 is 1.50 bits per heavy atom. The number of nitrogens with zero attached hydrogens (tertiary/aromatic N) is 3. The zero-order valence-corrected chi connectivity index (χ0v) is 9.70. The molecule has 0 bridgehead atoms. The van der Waals surface area contributed by atoms with Crippen LogP contribution in [-0.2, 0) is 12.2 Å². The Morgan fingerprint density at radius 3 is 3.06 bits per heavy atom. The van der Waals surface area contributed by atoms with Gasteiger partial charge in [0.2, 0.25) is 5.89 Å². The van der Waals surface area contributed by atoms with E-state index in [1.807, 2.05) is 19.1 Å². The summed E-state index contributed by atoms with van der Waals surface area (Å²) in [5.41, 5.74) is 6.44. The average molecular weight is 236 g/mol. The number of aryl methyl sites for hydroxylation is 1. The van der Waals surface area contributed by atoms with E-state index >= 15 is 0 Å². The predicted octanol–water partition coefficient (Wildman–Crippen LogP) is 1.90.